The molecule has 5 nitrogen and oxygen atoms in total. The Morgan fingerprint density at radius 1 is 1.20 bits per heavy atom. The van der Waals surface area contributed by atoms with Crippen LogP contribution >= 0.6 is 23.2 Å². The quantitative estimate of drug-likeness (QED) is 0.832. The highest BCUT2D eigenvalue weighted by Crippen LogP contribution is 2.20. The van der Waals surface area contributed by atoms with Crippen LogP contribution in [0.2, 0.25) is 10.0 Å². The molecule has 0 bridgehead atoms. The molecule has 20 heavy (non-hydrogen) atoms. The van der Waals surface area contributed by atoms with Crippen LogP contribution in [0.25, 0.3) is 0 Å². The number of halogens is 2. The van der Waals surface area contributed by atoms with Gasteiger partial charge < -0.3 is 5.32 Å². The summed E-state index contributed by atoms with van der Waals surface area (Å²) in [6.07, 6.45) is 0. The molecule has 0 fully saturated rings. The molecule has 1 aromatic rings. The maximum absolute atomic E-state index is 11.8. The van der Waals surface area contributed by atoms with E-state index in [1.165, 1.54) is 18.2 Å². The Labute approximate surface area is 128 Å². The first kappa shape index (κ1) is 17.2. The van der Waals surface area contributed by atoms with Crippen LogP contribution in [0.15, 0.2) is 18.2 Å². The number of carbonyl (C=O) groups is 1. The van der Waals surface area contributed by atoms with Crippen molar-refractivity contribution >= 4 is 39.1 Å². The molecule has 0 spiro atoms. The smallest absolute Gasteiger partial charge is 0.235 e. The van der Waals surface area contributed by atoms with Crippen LogP contribution in [0.5, 0.6) is 0 Å². The second kappa shape index (κ2) is 7.26. The summed E-state index contributed by atoms with van der Waals surface area (Å²) in [6.45, 7) is 3.29. The van der Waals surface area contributed by atoms with E-state index in [4.69, 9.17) is 23.2 Å². The molecule has 1 aromatic carbocycles. The Kier molecular flexibility index (Phi) is 6.26. The number of sulfonamides is 1. The molecule has 1 rings (SSSR count). The van der Waals surface area contributed by atoms with Gasteiger partial charge in [0.05, 0.1) is 12.3 Å². The molecule has 8 heteroatoms. The summed E-state index contributed by atoms with van der Waals surface area (Å²) >= 11 is 11.6. The van der Waals surface area contributed by atoms with E-state index in [0.717, 1.165) is 0 Å². The van der Waals surface area contributed by atoms with Crippen molar-refractivity contribution in [1.82, 2.24) is 10.0 Å². The molecule has 1 amide bonds. The van der Waals surface area contributed by atoms with Crippen LogP contribution in [-0.4, -0.2) is 26.9 Å². The average molecular weight is 339 g/mol. The molecule has 0 aromatic heterocycles. The fraction of sp³-hybridized carbons (Fsp3) is 0.417. The van der Waals surface area contributed by atoms with Gasteiger partial charge in [-0.05, 0) is 37.6 Å². The largest absolute Gasteiger partial charge is 0.353 e. The minimum atomic E-state index is -3.63. The van der Waals surface area contributed by atoms with E-state index < -0.39 is 10.0 Å². The Morgan fingerprint density at radius 2 is 1.75 bits per heavy atom. The molecule has 0 aliphatic carbocycles. The molecule has 0 saturated carbocycles. The summed E-state index contributed by atoms with van der Waals surface area (Å²) in [5, 5.41) is 3.31. The zero-order valence-electron chi connectivity index (χ0n) is 11.1. The van der Waals surface area contributed by atoms with Crippen molar-refractivity contribution in [2.75, 3.05) is 6.54 Å². The first-order valence-corrected chi connectivity index (χ1v) is 8.30. The van der Waals surface area contributed by atoms with Gasteiger partial charge in [-0.3, -0.25) is 4.79 Å². The van der Waals surface area contributed by atoms with Gasteiger partial charge in [0, 0.05) is 16.1 Å². The van der Waals surface area contributed by atoms with E-state index in [1.807, 2.05) is 0 Å². The van der Waals surface area contributed by atoms with E-state index in [2.05, 4.69) is 10.0 Å². The zero-order chi connectivity index (χ0) is 15.3. The topological polar surface area (TPSA) is 75.3 Å². The Morgan fingerprint density at radius 3 is 2.25 bits per heavy atom. The van der Waals surface area contributed by atoms with E-state index in [-0.39, 0.29) is 24.2 Å². The standard InChI is InChI=1S/C12H16Cl2N2O3S/c1-8(2)16-12(17)6-15-20(18,19)7-9-3-10(13)5-11(14)4-9/h3-5,8,15H,6-7H2,1-2H3,(H,16,17). The zero-order valence-corrected chi connectivity index (χ0v) is 13.4. The summed E-state index contributed by atoms with van der Waals surface area (Å²) in [6, 6.07) is 4.50. The van der Waals surface area contributed by atoms with Gasteiger partial charge in [0.15, 0.2) is 0 Å². The number of nitrogens with one attached hydrogen (secondary N) is 2. The van der Waals surface area contributed by atoms with Gasteiger partial charge in [-0.15, -0.1) is 0 Å². The minimum absolute atomic E-state index is 0.0428. The van der Waals surface area contributed by atoms with Crippen molar-refractivity contribution < 1.29 is 13.2 Å². The third-order valence-electron chi connectivity index (χ3n) is 2.18. The normalized spacial score (nSPS) is 11.7. The third kappa shape index (κ3) is 6.56. The Bertz CT molecular complexity index is 568. The molecule has 0 heterocycles. The lowest BCUT2D eigenvalue weighted by atomic mass is 10.2. The Balaban J connectivity index is 2.63. The lowest BCUT2D eigenvalue weighted by Crippen LogP contribution is -2.40. The predicted octanol–water partition coefficient (Wildman–Crippen LogP) is 1.94. The van der Waals surface area contributed by atoms with Gasteiger partial charge in [0.2, 0.25) is 15.9 Å². The second-order valence-corrected chi connectivity index (χ2v) is 7.26. The summed E-state index contributed by atoms with van der Waals surface area (Å²) in [4.78, 5) is 11.4. The van der Waals surface area contributed by atoms with Crippen LogP contribution in [0.3, 0.4) is 0 Å². The number of amides is 1. The van der Waals surface area contributed by atoms with Crippen molar-refractivity contribution in [3.05, 3.63) is 33.8 Å². The average Bonchev–Trinajstić information content (AvgIpc) is 2.23. The van der Waals surface area contributed by atoms with E-state index >= 15 is 0 Å². The van der Waals surface area contributed by atoms with Gasteiger partial charge in [0.1, 0.15) is 0 Å². The molecule has 0 aliphatic rings. The van der Waals surface area contributed by atoms with Crippen LogP contribution in [0.4, 0.5) is 0 Å². The predicted molar refractivity (Wildman–Crippen MR) is 80.4 cm³/mol. The van der Waals surface area contributed by atoms with Gasteiger partial charge >= 0.3 is 0 Å². The van der Waals surface area contributed by atoms with Crippen LogP contribution in [-0.2, 0) is 20.6 Å². The van der Waals surface area contributed by atoms with E-state index in [9.17, 15) is 13.2 Å². The molecule has 112 valence electrons. The number of hydrogen-bond donors (Lipinski definition) is 2. The number of benzene rings is 1. The molecule has 2 N–H and O–H groups in total. The molecule has 0 radical (unpaired) electrons. The van der Waals surface area contributed by atoms with E-state index in [0.29, 0.717) is 15.6 Å². The van der Waals surface area contributed by atoms with Gasteiger partial charge in [-0.25, -0.2) is 13.1 Å². The van der Waals surface area contributed by atoms with Crippen LogP contribution in [0.1, 0.15) is 19.4 Å². The van der Waals surface area contributed by atoms with Crippen molar-refractivity contribution in [2.45, 2.75) is 25.6 Å². The Hall–Kier alpha value is -0.820. The lowest BCUT2D eigenvalue weighted by molar-refractivity contribution is -0.120. The highest BCUT2D eigenvalue weighted by atomic mass is 35.5. The van der Waals surface area contributed by atoms with Gasteiger partial charge in [0.25, 0.3) is 0 Å². The first-order valence-electron chi connectivity index (χ1n) is 5.89. The summed E-state index contributed by atoms with van der Waals surface area (Å²) in [5.41, 5.74) is 0.458. The van der Waals surface area contributed by atoms with E-state index in [1.54, 1.807) is 13.8 Å². The monoisotopic (exact) mass is 338 g/mol. The van der Waals surface area contributed by atoms with Crippen LogP contribution < -0.4 is 10.0 Å². The maximum Gasteiger partial charge on any atom is 0.235 e. The SMILES string of the molecule is CC(C)NC(=O)CNS(=O)(=O)Cc1cc(Cl)cc(Cl)c1. The number of rotatable bonds is 6. The van der Waals surface area contributed by atoms with Gasteiger partial charge in [-0.2, -0.15) is 0 Å². The fourth-order valence-corrected chi connectivity index (χ4v) is 3.14. The molecular formula is C12H16Cl2N2O3S. The number of hydrogen-bond acceptors (Lipinski definition) is 3. The minimum Gasteiger partial charge on any atom is -0.353 e. The van der Waals surface area contributed by atoms with Gasteiger partial charge in [-0.1, -0.05) is 23.2 Å². The molecular weight excluding hydrogens is 323 g/mol. The van der Waals surface area contributed by atoms with Crippen molar-refractivity contribution in [3.8, 4) is 0 Å². The summed E-state index contributed by atoms with van der Waals surface area (Å²) < 4.78 is 25.9. The molecule has 0 unspecified atom stereocenters. The lowest BCUT2D eigenvalue weighted by Gasteiger charge is -2.10. The molecule has 0 saturated heterocycles. The highest BCUT2D eigenvalue weighted by molar-refractivity contribution is 7.88. The van der Waals surface area contributed by atoms with Crippen molar-refractivity contribution in [3.63, 3.8) is 0 Å². The highest BCUT2D eigenvalue weighted by Gasteiger charge is 2.14. The second-order valence-electron chi connectivity index (χ2n) is 4.58. The summed E-state index contributed by atoms with van der Waals surface area (Å²) in [5.74, 6) is -0.671. The third-order valence-corrected chi connectivity index (χ3v) is 3.92. The molecule has 0 atom stereocenters. The summed E-state index contributed by atoms with van der Waals surface area (Å²) in [7, 11) is -3.63. The van der Waals surface area contributed by atoms with Crippen molar-refractivity contribution in [1.29, 1.82) is 0 Å². The first-order chi connectivity index (χ1) is 9.18. The number of carbonyl (C=O) groups excluding carboxylic acids is 1. The van der Waals surface area contributed by atoms with Crippen LogP contribution in [0, 0.1) is 0 Å². The maximum atomic E-state index is 11.8. The molecule has 0 aliphatic heterocycles. The van der Waals surface area contributed by atoms with Crippen molar-refractivity contribution in [2.24, 2.45) is 0 Å². The fourth-order valence-electron chi connectivity index (χ4n) is 1.51.